The summed E-state index contributed by atoms with van der Waals surface area (Å²) in [6, 6.07) is 0. The normalized spacial score (nSPS) is 15.5. The van der Waals surface area contributed by atoms with Crippen LogP contribution in [0.4, 0.5) is 17.1 Å². The van der Waals surface area contributed by atoms with Crippen LogP contribution in [-0.4, -0.2) is 14.5 Å². The summed E-state index contributed by atoms with van der Waals surface area (Å²) < 4.78 is 70.7. The Balaban J connectivity index is 4.91. The molecule has 0 atom stereocenters. The van der Waals surface area contributed by atoms with Crippen LogP contribution in [0, 0.1) is 0 Å². The molecule has 8 heteroatoms. The summed E-state index contributed by atoms with van der Waals surface area (Å²) in [5, 5.41) is 0. The minimum Gasteiger partial charge on any atom is -0.212 e. The second kappa shape index (κ2) is 3.62. The van der Waals surface area contributed by atoms with Crippen molar-refractivity contribution in [2.45, 2.75) is 20.0 Å². The molecule has 0 aliphatic rings. The monoisotopic (exact) mass is 222 g/mol. The Morgan fingerprint density at radius 3 is 1.92 bits per heavy atom. The molecule has 0 rings (SSSR count). The Bertz CT molecular complexity index is 315. The first-order chi connectivity index (χ1) is 5.56. The van der Waals surface area contributed by atoms with Gasteiger partial charge < -0.3 is 0 Å². The highest BCUT2D eigenvalue weighted by molar-refractivity contribution is 7.81. The van der Waals surface area contributed by atoms with Crippen LogP contribution in [0.5, 0.6) is 0 Å². The minimum absolute atomic E-state index is 0.584. The molecule has 0 amide bonds. The van der Waals surface area contributed by atoms with E-state index in [0.29, 0.717) is 13.8 Å². The molecule has 0 bridgehead atoms. The number of rotatable bonds is 3. The van der Waals surface area contributed by atoms with E-state index in [1.165, 1.54) is 0 Å². The molecule has 0 aliphatic heterocycles. The summed E-state index contributed by atoms with van der Waals surface area (Å²) in [6.07, 6.45) is -4.49. The van der Waals surface area contributed by atoms with Crippen LogP contribution in [0.25, 0.3) is 0 Å². The fraction of sp³-hybridized carbons (Fsp3) is 0.600. The molecule has 0 N–H and O–H groups in total. The van der Waals surface area contributed by atoms with E-state index in [-0.39, 0.29) is 0 Å². The maximum atomic E-state index is 12.4. The second-order valence-corrected chi connectivity index (χ2v) is 3.10. The van der Waals surface area contributed by atoms with E-state index < -0.39 is 28.0 Å². The zero-order valence-electron chi connectivity index (χ0n) is 6.64. The summed E-state index contributed by atoms with van der Waals surface area (Å²) in [7, 11) is -5.81. The Kier molecular flexibility index (Phi) is 3.45. The third kappa shape index (κ3) is 4.23. The van der Waals surface area contributed by atoms with Gasteiger partial charge in [0.25, 0.3) is 0 Å². The molecule has 0 heterocycles. The average molecular weight is 222 g/mol. The Morgan fingerprint density at radius 2 is 1.69 bits per heavy atom. The van der Waals surface area contributed by atoms with Crippen molar-refractivity contribution in [3.05, 3.63) is 11.4 Å². The van der Waals surface area contributed by atoms with E-state index >= 15 is 0 Å². The lowest BCUT2D eigenvalue weighted by atomic mass is 10.2. The molecule has 0 aromatic carbocycles. The van der Waals surface area contributed by atoms with Crippen molar-refractivity contribution < 1.29 is 29.7 Å². The van der Waals surface area contributed by atoms with E-state index in [0.717, 1.165) is 0 Å². The van der Waals surface area contributed by atoms with Crippen molar-refractivity contribution in [2.24, 2.45) is 0 Å². The molecular weight excluding hydrogens is 216 g/mol. The van der Waals surface area contributed by atoms with Crippen LogP contribution in [0.3, 0.4) is 0 Å². The minimum atomic E-state index is -5.81. The lowest BCUT2D eigenvalue weighted by Crippen LogP contribution is -2.25. The van der Waals surface area contributed by atoms with Gasteiger partial charge in [0, 0.05) is 0 Å². The van der Waals surface area contributed by atoms with E-state index in [1.807, 2.05) is 0 Å². The van der Waals surface area contributed by atoms with Gasteiger partial charge in [-0.1, -0.05) is 3.89 Å². The highest BCUT2D eigenvalue weighted by atomic mass is 32.3. The third-order valence-electron chi connectivity index (χ3n) is 1.16. The first-order valence-electron chi connectivity index (χ1n) is 2.93. The maximum absolute atomic E-state index is 12.4. The maximum Gasteiger partial charge on any atom is 0.442 e. The first-order valence-corrected chi connectivity index (χ1v) is 4.23. The van der Waals surface area contributed by atoms with Crippen molar-refractivity contribution in [2.75, 3.05) is 0 Å². The Hall–Kier alpha value is -0.630. The molecule has 3 nitrogen and oxygen atoms in total. The number of hydrogen-bond acceptors (Lipinski definition) is 3. The predicted octanol–water partition coefficient (Wildman–Crippen LogP) is 2.07. The second-order valence-electron chi connectivity index (χ2n) is 2.15. The van der Waals surface area contributed by atoms with Gasteiger partial charge in [-0.25, -0.2) is 4.39 Å². The summed E-state index contributed by atoms with van der Waals surface area (Å²) in [5.41, 5.74) is -1.30. The molecule has 0 saturated heterocycles. The highest BCUT2D eigenvalue weighted by Gasteiger charge is 2.40. The van der Waals surface area contributed by atoms with Gasteiger partial charge in [0.2, 0.25) is 0 Å². The van der Waals surface area contributed by atoms with Gasteiger partial charge in [0.15, 0.2) is 0 Å². The SMILES string of the molecule is C/C(F)=C(\C)C(F)(F)OS(=O)(=O)F. The topological polar surface area (TPSA) is 43.4 Å². The lowest BCUT2D eigenvalue weighted by Gasteiger charge is -2.13. The third-order valence-corrected chi connectivity index (χ3v) is 1.57. The quantitative estimate of drug-likeness (QED) is 0.542. The molecule has 0 unspecified atom stereocenters. The number of hydrogen-bond donors (Lipinski definition) is 0. The summed E-state index contributed by atoms with van der Waals surface area (Å²) in [4.78, 5) is 0. The van der Waals surface area contributed by atoms with Crippen LogP contribution in [0.15, 0.2) is 11.4 Å². The van der Waals surface area contributed by atoms with Crippen molar-refractivity contribution in [1.82, 2.24) is 0 Å². The van der Waals surface area contributed by atoms with Crippen LogP contribution < -0.4 is 0 Å². The number of alkyl halides is 2. The van der Waals surface area contributed by atoms with Crippen molar-refractivity contribution in [3.8, 4) is 0 Å². The highest BCUT2D eigenvalue weighted by Crippen LogP contribution is 2.30. The standard InChI is InChI=1S/C5H6F4O3S/c1-3(4(2)6)5(7,8)12-13(9,10)11/h1-2H3/b4-3-. The summed E-state index contributed by atoms with van der Waals surface area (Å²) in [5.74, 6) is -1.34. The average Bonchev–Trinajstić information content (AvgIpc) is 1.80. The first kappa shape index (κ1) is 12.4. The molecule has 0 aromatic heterocycles. The Labute approximate surface area is 72.4 Å². The van der Waals surface area contributed by atoms with Crippen LogP contribution in [0.2, 0.25) is 0 Å². The molecule has 0 aliphatic carbocycles. The fourth-order valence-corrected chi connectivity index (χ4v) is 0.763. The zero-order valence-corrected chi connectivity index (χ0v) is 7.46. The molecule has 13 heavy (non-hydrogen) atoms. The Morgan fingerprint density at radius 1 is 1.31 bits per heavy atom. The molecule has 0 spiro atoms. The van der Waals surface area contributed by atoms with Gasteiger partial charge in [-0.3, -0.25) is 0 Å². The van der Waals surface area contributed by atoms with E-state index in [4.69, 9.17) is 0 Å². The summed E-state index contributed by atoms with van der Waals surface area (Å²) in [6.45, 7) is 1.25. The largest absolute Gasteiger partial charge is 0.442 e. The smallest absolute Gasteiger partial charge is 0.212 e. The van der Waals surface area contributed by atoms with Gasteiger partial charge in [0.1, 0.15) is 5.83 Å². The lowest BCUT2D eigenvalue weighted by molar-refractivity contribution is -0.142. The van der Waals surface area contributed by atoms with Crippen LogP contribution in [-0.2, 0) is 14.7 Å². The molecule has 78 valence electrons. The molecule has 0 saturated carbocycles. The predicted molar refractivity (Wildman–Crippen MR) is 35.5 cm³/mol. The zero-order chi connectivity index (χ0) is 10.9. The van der Waals surface area contributed by atoms with Crippen molar-refractivity contribution >= 4 is 10.5 Å². The van der Waals surface area contributed by atoms with E-state index in [2.05, 4.69) is 4.18 Å². The molecule has 0 radical (unpaired) electrons. The van der Waals surface area contributed by atoms with Crippen LogP contribution >= 0.6 is 0 Å². The summed E-state index contributed by atoms with van der Waals surface area (Å²) >= 11 is 0. The van der Waals surface area contributed by atoms with E-state index in [9.17, 15) is 25.5 Å². The molecule has 0 fully saturated rings. The molecular formula is C5H6F4O3S. The van der Waals surface area contributed by atoms with E-state index in [1.54, 1.807) is 0 Å². The fourth-order valence-electron chi connectivity index (χ4n) is 0.388. The van der Waals surface area contributed by atoms with Gasteiger partial charge >= 0.3 is 16.6 Å². The van der Waals surface area contributed by atoms with Crippen molar-refractivity contribution in [3.63, 3.8) is 0 Å². The van der Waals surface area contributed by atoms with Crippen LogP contribution in [0.1, 0.15) is 13.8 Å². The van der Waals surface area contributed by atoms with Gasteiger partial charge in [-0.2, -0.15) is 21.4 Å². The van der Waals surface area contributed by atoms with Crippen molar-refractivity contribution in [1.29, 1.82) is 0 Å². The van der Waals surface area contributed by atoms with Gasteiger partial charge in [-0.15, -0.1) is 0 Å². The molecule has 0 aromatic rings. The van der Waals surface area contributed by atoms with Gasteiger partial charge in [0.05, 0.1) is 5.57 Å². The number of allylic oxidation sites excluding steroid dienone is 1. The number of halogens is 4. The van der Waals surface area contributed by atoms with Gasteiger partial charge in [-0.05, 0) is 13.8 Å².